The van der Waals surface area contributed by atoms with Crippen molar-refractivity contribution in [2.24, 2.45) is 17.6 Å². The van der Waals surface area contributed by atoms with Crippen molar-refractivity contribution >= 4 is 11.6 Å². The van der Waals surface area contributed by atoms with Gasteiger partial charge in [0.05, 0.1) is 0 Å². The Morgan fingerprint density at radius 3 is 2.38 bits per heavy atom. The van der Waals surface area contributed by atoms with Crippen molar-refractivity contribution in [1.29, 1.82) is 0 Å². The summed E-state index contributed by atoms with van der Waals surface area (Å²) in [5.74, 6) is 1.23. The normalized spacial score (nSPS) is 18.5. The molecule has 1 heterocycles. The number of likely N-dealkylation sites (tertiary alicyclic amines) is 1. The second-order valence-corrected chi connectivity index (χ2v) is 7.64. The molecule has 1 fully saturated rings. The fourth-order valence-corrected chi connectivity index (χ4v) is 3.23. The molecule has 0 spiro atoms. The van der Waals surface area contributed by atoms with E-state index in [0.717, 1.165) is 42.7 Å². The number of hydrogen-bond acceptors (Lipinski definition) is 3. The van der Waals surface area contributed by atoms with Gasteiger partial charge in [0.25, 0.3) is 5.91 Å². The third-order valence-electron chi connectivity index (χ3n) is 5.52. The van der Waals surface area contributed by atoms with Crippen LogP contribution < -0.4 is 11.1 Å². The van der Waals surface area contributed by atoms with E-state index < -0.39 is 0 Å². The summed E-state index contributed by atoms with van der Waals surface area (Å²) in [5, 5.41) is 3.54. The molecule has 0 radical (unpaired) electrons. The van der Waals surface area contributed by atoms with Crippen molar-refractivity contribution in [1.82, 2.24) is 4.90 Å². The molecule has 2 unspecified atom stereocenters. The van der Waals surface area contributed by atoms with Gasteiger partial charge < -0.3 is 16.0 Å². The third-order valence-corrected chi connectivity index (χ3v) is 5.52. The van der Waals surface area contributed by atoms with Crippen molar-refractivity contribution < 1.29 is 4.79 Å². The molecule has 1 aromatic rings. The molecule has 0 bridgehead atoms. The molecule has 1 amide bonds. The number of nitrogens with zero attached hydrogens (tertiary/aromatic N) is 1. The maximum absolute atomic E-state index is 12.9. The van der Waals surface area contributed by atoms with Gasteiger partial charge in [-0.2, -0.15) is 0 Å². The topological polar surface area (TPSA) is 58.4 Å². The summed E-state index contributed by atoms with van der Waals surface area (Å²) < 4.78 is 0. The minimum absolute atomic E-state index is 0.150. The lowest BCUT2D eigenvalue weighted by Crippen LogP contribution is -2.42. The molecule has 24 heavy (non-hydrogen) atoms. The SMILES string of the molecule is Cc1c(NC(C)C(C)C)cccc1C(=O)N1CCC(C(C)N)CC1. The lowest BCUT2D eigenvalue weighted by molar-refractivity contribution is 0.0680. The molecule has 2 atom stereocenters. The Hall–Kier alpha value is -1.55. The summed E-state index contributed by atoms with van der Waals surface area (Å²) in [7, 11) is 0. The highest BCUT2D eigenvalue weighted by Crippen LogP contribution is 2.25. The molecule has 2 rings (SSSR count). The third kappa shape index (κ3) is 4.29. The van der Waals surface area contributed by atoms with Crippen molar-refractivity contribution in [3.8, 4) is 0 Å². The van der Waals surface area contributed by atoms with Crippen LogP contribution in [0.4, 0.5) is 5.69 Å². The van der Waals surface area contributed by atoms with E-state index in [1.807, 2.05) is 24.0 Å². The lowest BCUT2D eigenvalue weighted by atomic mass is 9.90. The number of hydrogen-bond donors (Lipinski definition) is 2. The molecule has 1 aromatic carbocycles. The van der Waals surface area contributed by atoms with E-state index in [9.17, 15) is 4.79 Å². The number of amides is 1. The fraction of sp³-hybridized carbons (Fsp3) is 0.650. The first-order chi connectivity index (χ1) is 11.3. The van der Waals surface area contributed by atoms with Crippen LogP contribution in [0, 0.1) is 18.8 Å². The average Bonchev–Trinajstić information content (AvgIpc) is 2.56. The predicted octanol–water partition coefficient (Wildman–Crippen LogP) is 3.65. The maximum Gasteiger partial charge on any atom is 0.254 e. The lowest BCUT2D eigenvalue weighted by Gasteiger charge is -2.34. The van der Waals surface area contributed by atoms with Gasteiger partial charge in [0, 0.05) is 36.4 Å². The average molecular weight is 332 g/mol. The summed E-state index contributed by atoms with van der Waals surface area (Å²) >= 11 is 0. The van der Waals surface area contributed by atoms with E-state index in [1.54, 1.807) is 0 Å². The molecule has 134 valence electrons. The van der Waals surface area contributed by atoms with E-state index in [2.05, 4.69) is 39.1 Å². The minimum Gasteiger partial charge on any atom is -0.382 e. The van der Waals surface area contributed by atoms with E-state index in [0.29, 0.717) is 17.9 Å². The van der Waals surface area contributed by atoms with Gasteiger partial charge in [-0.15, -0.1) is 0 Å². The van der Waals surface area contributed by atoms with Gasteiger partial charge in [0.15, 0.2) is 0 Å². The van der Waals surface area contributed by atoms with Crippen molar-refractivity contribution in [2.45, 2.75) is 59.5 Å². The van der Waals surface area contributed by atoms with Crippen LogP contribution in [0.3, 0.4) is 0 Å². The summed E-state index contributed by atoms with van der Waals surface area (Å²) in [6.45, 7) is 12.3. The summed E-state index contributed by atoms with van der Waals surface area (Å²) in [4.78, 5) is 14.9. The zero-order valence-electron chi connectivity index (χ0n) is 15.8. The Labute approximate surface area is 146 Å². The fourth-order valence-electron chi connectivity index (χ4n) is 3.23. The monoisotopic (exact) mass is 331 g/mol. The van der Waals surface area contributed by atoms with Gasteiger partial charge in [-0.3, -0.25) is 4.79 Å². The van der Waals surface area contributed by atoms with Gasteiger partial charge in [-0.1, -0.05) is 19.9 Å². The Morgan fingerprint density at radius 1 is 1.21 bits per heavy atom. The Morgan fingerprint density at radius 2 is 1.83 bits per heavy atom. The van der Waals surface area contributed by atoms with Crippen LogP contribution in [0.5, 0.6) is 0 Å². The molecule has 1 aliphatic rings. The summed E-state index contributed by atoms with van der Waals surface area (Å²) in [6.07, 6.45) is 2.01. The Kier molecular flexibility index (Phi) is 6.27. The highest BCUT2D eigenvalue weighted by molar-refractivity contribution is 5.97. The summed E-state index contributed by atoms with van der Waals surface area (Å²) in [6, 6.07) is 6.57. The number of nitrogens with one attached hydrogen (secondary N) is 1. The zero-order valence-corrected chi connectivity index (χ0v) is 15.8. The number of benzene rings is 1. The van der Waals surface area contributed by atoms with Crippen LogP contribution in [0.1, 0.15) is 56.5 Å². The second kappa shape index (κ2) is 8.02. The van der Waals surface area contributed by atoms with Crippen molar-refractivity contribution in [2.75, 3.05) is 18.4 Å². The van der Waals surface area contributed by atoms with Crippen LogP contribution in [0.2, 0.25) is 0 Å². The molecule has 3 N–H and O–H groups in total. The van der Waals surface area contributed by atoms with Crippen LogP contribution in [0.15, 0.2) is 18.2 Å². The first-order valence-corrected chi connectivity index (χ1v) is 9.22. The highest BCUT2D eigenvalue weighted by atomic mass is 16.2. The zero-order chi connectivity index (χ0) is 17.9. The highest BCUT2D eigenvalue weighted by Gasteiger charge is 2.26. The molecule has 1 saturated heterocycles. The van der Waals surface area contributed by atoms with Gasteiger partial charge in [-0.05, 0) is 63.1 Å². The maximum atomic E-state index is 12.9. The van der Waals surface area contributed by atoms with Crippen LogP contribution in [-0.2, 0) is 0 Å². The molecular formula is C20H33N3O. The van der Waals surface area contributed by atoms with Crippen LogP contribution in [0.25, 0.3) is 0 Å². The number of nitrogens with two attached hydrogens (primary N) is 1. The molecule has 4 heteroatoms. The van der Waals surface area contributed by atoms with E-state index >= 15 is 0 Å². The molecule has 0 aromatic heterocycles. The molecular weight excluding hydrogens is 298 g/mol. The molecule has 0 saturated carbocycles. The number of piperidine rings is 1. The van der Waals surface area contributed by atoms with Crippen LogP contribution in [-0.4, -0.2) is 36.0 Å². The van der Waals surface area contributed by atoms with Gasteiger partial charge in [-0.25, -0.2) is 0 Å². The van der Waals surface area contributed by atoms with E-state index in [1.165, 1.54) is 0 Å². The number of carbonyl (C=O) groups is 1. The number of rotatable bonds is 5. The molecule has 1 aliphatic heterocycles. The van der Waals surface area contributed by atoms with E-state index in [4.69, 9.17) is 5.73 Å². The number of carbonyl (C=O) groups excluding carboxylic acids is 1. The smallest absolute Gasteiger partial charge is 0.254 e. The van der Waals surface area contributed by atoms with Crippen LogP contribution >= 0.6 is 0 Å². The van der Waals surface area contributed by atoms with Gasteiger partial charge in [0.2, 0.25) is 0 Å². The number of anilines is 1. The first-order valence-electron chi connectivity index (χ1n) is 9.22. The first kappa shape index (κ1) is 18.8. The van der Waals surface area contributed by atoms with Gasteiger partial charge >= 0.3 is 0 Å². The predicted molar refractivity (Wildman–Crippen MR) is 101 cm³/mol. The quantitative estimate of drug-likeness (QED) is 0.866. The molecule has 4 nitrogen and oxygen atoms in total. The van der Waals surface area contributed by atoms with Crippen molar-refractivity contribution in [3.05, 3.63) is 29.3 Å². The van der Waals surface area contributed by atoms with Crippen molar-refractivity contribution in [3.63, 3.8) is 0 Å². The summed E-state index contributed by atoms with van der Waals surface area (Å²) in [5.41, 5.74) is 8.93. The largest absolute Gasteiger partial charge is 0.382 e. The molecule has 0 aliphatic carbocycles. The minimum atomic E-state index is 0.150. The van der Waals surface area contributed by atoms with E-state index in [-0.39, 0.29) is 11.9 Å². The Bertz CT molecular complexity index is 560. The van der Waals surface area contributed by atoms with Gasteiger partial charge in [0.1, 0.15) is 0 Å². The second-order valence-electron chi connectivity index (χ2n) is 7.64. The Balaban J connectivity index is 2.10. The standard InChI is InChI=1S/C20H33N3O/c1-13(2)16(5)22-19-8-6-7-18(14(19)3)20(24)23-11-9-17(10-12-23)15(4)21/h6-8,13,15-17,22H,9-12,21H2,1-5H3.